The van der Waals surface area contributed by atoms with Crippen molar-refractivity contribution in [3.63, 3.8) is 0 Å². The average molecular weight is 388 g/mol. The van der Waals surface area contributed by atoms with Crippen molar-refractivity contribution in [2.45, 2.75) is 18.4 Å². The van der Waals surface area contributed by atoms with E-state index in [9.17, 15) is 16.8 Å². The first-order valence-corrected chi connectivity index (χ1v) is 10.5. The van der Waals surface area contributed by atoms with Gasteiger partial charge < -0.3 is 9.15 Å². The number of methoxy groups -OCH3 is 1. The number of hydrogen-bond donors (Lipinski definition) is 2. The lowest BCUT2D eigenvalue weighted by Gasteiger charge is -2.11. The number of aryl methyl sites for hydroxylation is 1. The van der Waals surface area contributed by atoms with Crippen LogP contribution in [0.15, 0.2) is 45.9 Å². The normalized spacial score (nSPS) is 12.2. The molecule has 0 aliphatic carbocycles. The molecule has 0 aliphatic rings. The molecule has 0 fully saturated rings. The molecular formula is C15H20N2O6S2. The summed E-state index contributed by atoms with van der Waals surface area (Å²) in [6.07, 6.45) is 1.44. The molecule has 0 saturated carbocycles. The quantitative estimate of drug-likeness (QED) is 0.662. The van der Waals surface area contributed by atoms with Gasteiger partial charge in [-0.25, -0.2) is 26.3 Å². The zero-order chi connectivity index (χ0) is 18.5. The predicted molar refractivity (Wildman–Crippen MR) is 92.3 cm³/mol. The first kappa shape index (κ1) is 19.4. The second-order valence-corrected chi connectivity index (χ2v) is 8.91. The summed E-state index contributed by atoms with van der Waals surface area (Å²) in [7, 11) is -5.96. The third-order valence-electron chi connectivity index (χ3n) is 3.38. The van der Waals surface area contributed by atoms with Gasteiger partial charge in [0.2, 0.25) is 20.0 Å². The molecule has 0 atom stereocenters. The molecule has 2 N–H and O–H groups in total. The van der Waals surface area contributed by atoms with E-state index in [4.69, 9.17) is 9.15 Å². The molecule has 0 unspecified atom stereocenters. The van der Waals surface area contributed by atoms with Crippen LogP contribution < -0.4 is 14.2 Å². The maximum Gasteiger partial charge on any atom is 0.240 e. The van der Waals surface area contributed by atoms with Crippen LogP contribution in [0.1, 0.15) is 11.3 Å². The molecule has 0 amide bonds. The molecule has 0 saturated heterocycles. The van der Waals surface area contributed by atoms with Gasteiger partial charge in [0, 0.05) is 6.54 Å². The third kappa shape index (κ3) is 5.56. The largest absolute Gasteiger partial charge is 0.497 e. The van der Waals surface area contributed by atoms with Gasteiger partial charge in [-0.3, -0.25) is 0 Å². The van der Waals surface area contributed by atoms with E-state index in [1.165, 1.54) is 25.5 Å². The summed E-state index contributed by atoms with van der Waals surface area (Å²) in [5, 5.41) is 0. The fraction of sp³-hybridized carbons (Fsp3) is 0.333. The Kier molecular flexibility index (Phi) is 6.22. The van der Waals surface area contributed by atoms with E-state index in [2.05, 4.69) is 9.44 Å². The third-order valence-corrected chi connectivity index (χ3v) is 6.33. The Morgan fingerprint density at radius 2 is 1.88 bits per heavy atom. The summed E-state index contributed by atoms with van der Waals surface area (Å²) in [4.78, 5) is 0.0780. The molecule has 1 aromatic carbocycles. The minimum atomic E-state index is -3.81. The lowest BCUT2D eigenvalue weighted by molar-refractivity contribution is 0.414. The number of nitrogens with one attached hydrogen (secondary N) is 2. The maximum absolute atomic E-state index is 12.3. The summed E-state index contributed by atoms with van der Waals surface area (Å²) in [6.45, 7) is 1.40. The SMILES string of the molecule is COc1ccc(S(=O)(=O)NCCS(=O)(=O)NCc2ccco2)c(C)c1. The molecule has 25 heavy (non-hydrogen) atoms. The van der Waals surface area contributed by atoms with Crippen molar-refractivity contribution in [3.05, 3.63) is 47.9 Å². The van der Waals surface area contributed by atoms with Crippen LogP contribution in [-0.2, 0) is 26.6 Å². The van der Waals surface area contributed by atoms with E-state index in [1.807, 2.05) is 0 Å². The number of benzene rings is 1. The lowest BCUT2D eigenvalue weighted by Crippen LogP contribution is -2.34. The highest BCUT2D eigenvalue weighted by molar-refractivity contribution is 7.90. The fourth-order valence-electron chi connectivity index (χ4n) is 2.10. The van der Waals surface area contributed by atoms with Crippen LogP contribution in [0.3, 0.4) is 0 Å². The van der Waals surface area contributed by atoms with Crippen LogP contribution in [0.4, 0.5) is 0 Å². The van der Waals surface area contributed by atoms with E-state index in [1.54, 1.807) is 25.1 Å². The monoisotopic (exact) mass is 388 g/mol. The summed E-state index contributed by atoms with van der Waals surface area (Å²) < 4.78 is 63.1. The number of hydrogen-bond acceptors (Lipinski definition) is 6. The Hall–Kier alpha value is -1.88. The first-order chi connectivity index (χ1) is 11.7. The second-order valence-electron chi connectivity index (χ2n) is 5.25. The minimum Gasteiger partial charge on any atom is -0.497 e. The van der Waals surface area contributed by atoms with Crippen LogP contribution in [0.5, 0.6) is 5.75 Å². The molecule has 10 heteroatoms. The van der Waals surface area contributed by atoms with Crippen molar-refractivity contribution >= 4 is 20.0 Å². The Labute approximate surface area is 147 Å². The molecule has 2 rings (SSSR count). The minimum absolute atomic E-state index is 0.0136. The Balaban J connectivity index is 1.93. The van der Waals surface area contributed by atoms with Crippen molar-refractivity contribution in [1.29, 1.82) is 0 Å². The van der Waals surface area contributed by atoms with E-state index >= 15 is 0 Å². The van der Waals surface area contributed by atoms with E-state index in [0.717, 1.165) is 0 Å². The highest BCUT2D eigenvalue weighted by atomic mass is 32.2. The van der Waals surface area contributed by atoms with Crippen LogP contribution in [-0.4, -0.2) is 36.2 Å². The van der Waals surface area contributed by atoms with E-state index in [0.29, 0.717) is 17.1 Å². The van der Waals surface area contributed by atoms with Crippen LogP contribution in [0.25, 0.3) is 0 Å². The fourth-order valence-corrected chi connectivity index (χ4v) is 4.37. The van der Waals surface area contributed by atoms with Gasteiger partial charge in [-0.2, -0.15) is 0 Å². The molecule has 1 heterocycles. The molecular weight excluding hydrogens is 368 g/mol. The molecule has 1 aromatic heterocycles. The molecule has 138 valence electrons. The van der Waals surface area contributed by atoms with Crippen molar-refractivity contribution < 1.29 is 26.0 Å². The predicted octanol–water partition coefficient (Wildman–Crippen LogP) is 0.995. The van der Waals surface area contributed by atoms with Gasteiger partial charge in [0.15, 0.2) is 0 Å². The average Bonchev–Trinajstić information content (AvgIpc) is 3.05. The highest BCUT2D eigenvalue weighted by Gasteiger charge is 2.19. The Morgan fingerprint density at radius 3 is 2.48 bits per heavy atom. The number of ether oxygens (including phenoxy) is 1. The number of furan rings is 1. The van der Waals surface area contributed by atoms with Gasteiger partial charge in [0.05, 0.1) is 30.6 Å². The van der Waals surface area contributed by atoms with Crippen LogP contribution in [0, 0.1) is 6.92 Å². The molecule has 0 aliphatic heterocycles. The van der Waals surface area contributed by atoms with Gasteiger partial charge >= 0.3 is 0 Å². The Bertz CT molecular complexity index is 906. The van der Waals surface area contributed by atoms with Crippen LogP contribution >= 0.6 is 0 Å². The zero-order valence-corrected chi connectivity index (χ0v) is 15.5. The first-order valence-electron chi connectivity index (χ1n) is 7.37. The number of rotatable bonds is 9. The summed E-state index contributed by atoms with van der Waals surface area (Å²) in [6, 6.07) is 7.83. The zero-order valence-electron chi connectivity index (χ0n) is 13.9. The summed E-state index contributed by atoms with van der Waals surface area (Å²) >= 11 is 0. The standard InChI is InChI=1S/C15H20N2O6S2/c1-12-10-13(22-2)5-6-15(12)25(20,21)16-7-9-24(18,19)17-11-14-4-3-8-23-14/h3-6,8,10,16-17H,7,9,11H2,1-2H3. The molecule has 0 radical (unpaired) electrons. The molecule has 2 aromatic rings. The highest BCUT2D eigenvalue weighted by Crippen LogP contribution is 2.20. The summed E-state index contributed by atoms with van der Waals surface area (Å²) in [5.74, 6) is 0.626. The topological polar surface area (TPSA) is 115 Å². The van der Waals surface area contributed by atoms with Gasteiger partial charge in [-0.1, -0.05) is 0 Å². The number of sulfonamides is 2. The molecule has 0 bridgehead atoms. The molecule has 8 nitrogen and oxygen atoms in total. The van der Waals surface area contributed by atoms with Crippen molar-refractivity contribution in [2.75, 3.05) is 19.4 Å². The van der Waals surface area contributed by atoms with Crippen LogP contribution in [0.2, 0.25) is 0 Å². The van der Waals surface area contributed by atoms with Gasteiger partial charge in [0.25, 0.3) is 0 Å². The van der Waals surface area contributed by atoms with Crippen molar-refractivity contribution in [1.82, 2.24) is 9.44 Å². The van der Waals surface area contributed by atoms with E-state index in [-0.39, 0.29) is 23.7 Å². The maximum atomic E-state index is 12.3. The molecule has 0 spiro atoms. The summed E-state index contributed by atoms with van der Waals surface area (Å²) in [5.41, 5.74) is 0.505. The van der Waals surface area contributed by atoms with E-state index < -0.39 is 20.0 Å². The Morgan fingerprint density at radius 1 is 1.12 bits per heavy atom. The lowest BCUT2D eigenvalue weighted by atomic mass is 10.2. The van der Waals surface area contributed by atoms with Crippen molar-refractivity contribution in [2.24, 2.45) is 0 Å². The van der Waals surface area contributed by atoms with Gasteiger partial charge in [-0.05, 0) is 42.8 Å². The van der Waals surface area contributed by atoms with Gasteiger partial charge in [0.1, 0.15) is 11.5 Å². The smallest absolute Gasteiger partial charge is 0.240 e. The second kappa shape index (κ2) is 8.00. The van der Waals surface area contributed by atoms with Gasteiger partial charge in [-0.15, -0.1) is 0 Å². The van der Waals surface area contributed by atoms with Crippen molar-refractivity contribution in [3.8, 4) is 5.75 Å².